The fraction of sp³-hybridized carbons (Fsp3) is 0.207. The standard InChI is InChI=1S/C25H20FN5O3S2.2C2HF3O2/c26-16-11-14(9-10-15(16)22-13-23(32)31-36(22,33)34)12-20(24-27-17-5-1-2-6-18(17)28-24)30-25-29-19-7-3-4-8-21(19)35-25;2*3-2(4,5)1(6)7/h1-11,20,22H,12-13H2,(H,27,28)(H,29,30)(H,31,32);2*(H,6,7)/t20-,22?;;/m0../s1. The molecular formula is C29H22F7N5O7S2. The van der Waals surface area contributed by atoms with Crippen LogP contribution in [-0.2, 0) is 30.8 Å². The number of H-pyrrole nitrogens is 1. The molecule has 0 aliphatic carbocycles. The van der Waals surface area contributed by atoms with E-state index in [0.29, 0.717) is 22.9 Å². The molecule has 1 saturated heterocycles. The lowest BCUT2D eigenvalue weighted by atomic mass is 10.0. The molecule has 266 valence electrons. The quantitative estimate of drug-likeness (QED) is 0.131. The number of aliphatic carboxylic acids is 2. The number of sulfonamides is 1. The van der Waals surface area contributed by atoms with Gasteiger partial charge in [0, 0.05) is 5.56 Å². The van der Waals surface area contributed by atoms with Crippen LogP contribution in [0.1, 0.15) is 34.7 Å². The van der Waals surface area contributed by atoms with Gasteiger partial charge in [0.25, 0.3) is 0 Å². The Morgan fingerprint density at radius 2 is 1.50 bits per heavy atom. The Bertz CT molecular complexity index is 2060. The van der Waals surface area contributed by atoms with E-state index in [1.165, 1.54) is 23.5 Å². The van der Waals surface area contributed by atoms with E-state index in [0.717, 1.165) is 21.3 Å². The van der Waals surface area contributed by atoms with Crippen molar-refractivity contribution in [2.24, 2.45) is 0 Å². The van der Waals surface area contributed by atoms with Crippen LogP contribution in [0.5, 0.6) is 0 Å². The molecule has 3 aromatic carbocycles. The van der Waals surface area contributed by atoms with Gasteiger partial charge >= 0.3 is 24.3 Å². The summed E-state index contributed by atoms with van der Waals surface area (Å²) >= 11 is 1.52. The van der Waals surface area contributed by atoms with Crippen molar-refractivity contribution in [3.05, 3.63) is 89.5 Å². The van der Waals surface area contributed by atoms with Gasteiger partial charge in [0.05, 0.1) is 33.7 Å². The molecule has 0 spiro atoms. The Hall–Kier alpha value is -5.31. The first-order valence-corrected chi connectivity index (χ1v) is 16.1. The number of amides is 1. The number of fused-ring (bicyclic) bond motifs is 2. The summed E-state index contributed by atoms with van der Waals surface area (Å²) in [4.78, 5) is 42.1. The van der Waals surface area contributed by atoms with E-state index >= 15 is 4.39 Å². The molecule has 5 N–H and O–H groups in total. The maximum atomic E-state index is 15.1. The molecule has 1 unspecified atom stereocenters. The third-order valence-electron chi connectivity index (χ3n) is 6.67. The molecule has 1 aliphatic heterocycles. The first kappa shape index (κ1) is 37.5. The molecule has 0 radical (unpaired) electrons. The number of anilines is 1. The number of halogens is 7. The second kappa shape index (κ2) is 14.7. The summed E-state index contributed by atoms with van der Waals surface area (Å²) < 4.78 is 106. The van der Waals surface area contributed by atoms with Crippen LogP contribution >= 0.6 is 11.3 Å². The monoisotopic (exact) mass is 749 g/mol. The number of aromatic amines is 1. The number of aromatic nitrogens is 3. The fourth-order valence-electron chi connectivity index (χ4n) is 4.46. The van der Waals surface area contributed by atoms with E-state index in [9.17, 15) is 39.6 Å². The van der Waals surface area contributed by atoms with E-state index in [-0.39, 0.29) is 18.0 Å². The van der Waals surface area contributed by atoms with Crippen LogP contribution in [0.2, 0.25) is 0 Å². The van der Waals surface area contributed by atoms with Gasteiger partial charge in [0.1, 0.15) is 16.9 Å². The van der Waals surface area contributed by atoms with Gasteiger partial charge in [0.2, 0.25) is 15.9 Å². The molecule has 1 aliphatic rings. The van der Waals surface area contributed by atoms with Crippen molar-refractivity contribution in [2.75, 3.05) is 5.32 Å². The van der Waals surface area contributed by atoms with Crippen molar-refractivity contribution >= 4 is 65.6 Å². The number of rotatable bonds is 6. The molecule has 0 saturated carbocycles. The number of nitrogens with one attached hydrogen (secondary N) is 3. The summed E-state index contributed by atoms with van der Waals surface area (Å²) in [5.41, 5.74) is 3.20. The highest BCUT2D eigenvalue weighted by atomic mass is 32.2. The minimum atomic E-state index is -5.08. The van der Waals surface area contributed by atoms with Crippen LogP contribution < -0.4 is 10.0 Å². The van der Waals surface area contributed by atoms with E-state index in [1.54, 1.807) is 6.07 Å². The SMILES string of the molecule is O=C(O)C(F)(F)F.O=C(O)C(F)(F)F.O=C1CC(c2ccc(C[C@H](Nc3nc4ccccc4s3)c3nc4ccccc4[nH]3)cc2F)S(=O)(=O)N1. The second-order valence-corrected chi connectivity index (χ2v) is 13.1. The molecule has 1 amide bonds. The van der Waals surface area contributed by atoms with Gasteiger partial charge in [-0.25, -0.2) is 32.4 Å². The average Bonchev–Trinajstić information content (AvgIpc) is 3.70. The molecule has 12 nitrogen and oxygen atoms in total. The molecule has 6 rings (SSSR count). The van der Waals surface area contributed by atoms with Crippen LogP contribution in [0.3, 0.4) is 0 Å². The van der Waals surface area contributed by atoms with Crippen molar-refractivity contribution in [3.63, 3.8) is 0 Å². The highest BCUT2D eigenvalue weighted by Crippen LogP contribution is 2.34. The highest BCUT2D eigenvalue weighted by molar-refractivity contribution is 7.90. The number of carbonyl (C=O) groups excluding carboxylic acids is 1. The number of benzene rings is 3. The first-order valence-electron chi connectivity index (χ1n) is 13.7. The molecule has 0 bridgehead atoms. The van der Waals surface area contributed by atoms with Gasteiger partial charge in [0.15, 0.2) is 5.13 Å². The summed E-state index contributed by atoms with van der Waals surface area (Å²) in [5.74, 6) is -6.14. The van der Waals surface area contributed by atoms with Crippen LogP contribution in [0.4, 0.5) is 35.9 Å². The largest absolute Gasteiger partial charge is 0.490 e. The number of thiazole rings is 1. The topological polar surface area (TPSA) is 191 Å². The highest BCUT2D eigenvalue weighted by Gasteiger charge is 2.40. The summed E-state index contributed by atoms with van der Waals surface area (Å²) in [6, 6.07) is 19.6. The second-order valence-electron chi connectivity index (χ2n) is 10.3. The fourth-order valence-corrected chi connectivity index (χ4v) is 6.82. The van der Waals surface area contributed by atoms with Gasteiger partial charge in [-0.1, -0.05) is 47.7 Å². The Balaban J connectivity index is 0.000000340. The van der Waals surface area contributed by atoms with Gasteiger partial charge in [-0.15, -0.1) is 0 Å². The number of para-hydroxylation sites is 3. The van der Waals surface area contributed by atoms with E-state index in [2.05, 4.69) is 15.3 Å². The average molecular weight is 750 g/mol. The predicted octanol–water partition coefficient (Wildman–Crippen LogP) is 5.87. The molecule has 5 aromatic rings. The molecular weight excluding hydrogens is 727 g/mol. The minimum Gasteiger partial charge on any atom is -0.475 e. The maximum absolute atomic E-state index is 15.1. The van der Waals surface area contributed by atoms with Crippen LogP contribution in [0, 0.1) is 5.82 Å². The third-order valence-corrected chi connectivity index (χ3v) is 9.32. The Morgan fingerprint density at radius 3 is 2.02 bits per heavy atom. The zero-order valence-electron chi connectivity index (χ0n) is 24.7. The Kier molecular flexibility index (Phi) is 11.0. The van der Waals surface area contributed by atoms with Crippen LogP contribution in [0.15, 0.2) is 66.7 Å². The summed E-state index contributed by atoms with van der Waals surface area (Å²) in [7, 11) is -3.93. The number of hydrogen-bond donors (Lipinski definition) is 5. The minimum absolute atomic E-state index is 0.0171. The van der Waals surface area contributed by atoms with Gasteiger partial charge in [-0.05, 0) is 42.3 Å². The van der Waals surface area contributed by atoms with Crippen molar-refractivity contribution in [3.8, 4) is 0 Å². The third kappa shape index (κ3) is 9.43. The molecule has 21 heteroatoms. The lowest BCUT2D eigenvalue weighted by Crippen LogP contribution is -2.22. The summed E-state index contributed by atoms with van der Waals surface area (Å²) in [5, 5.41) is 17.2. The van der Waals surface area contributed by atoms with Crippen molar-refractivity contribution < 1.29 is 63.7 Å². The number of carboxylic acid groups (broad SMARTS) is 2. The molecule has 2 atom stereocenters. The normalized spacial score (nSPS) is 16.1. The van der Waals surface area contributed by atoms with Gasteiger partial charge in [-0.2, -0.15) is 26.3 Å². The first-order chi connectivity index (χ1) is 23.2. The number of hydrogen-bond acceptors (Lipinski definition) is 9. The van der Waals surface area contributed by atoms with Crippen molar-refractivity contribution in [1.29, 1.82) is 0 Å². The van der Waals surface area contributed by atoms with E-state index in [1.807, 2.05) is 53.3 Å². The van der Waals surface area contributed by atoms with Crippen molar-refractivity contribution in [1.82, 2.24) is 19.7 Å². The van der Waals surface area contributed by atoms with E-state index < -0.39 is 51.3 Å². The van der Waals surface area contributed by atoms with Gasteiger partial charge in [-0.3, -0.25) is 9.52 Å². The number of carbonyl (C=O) groups is 3. The summed E-state index contributed by atoms with van der Waals surface area (Å²) in [6.07, 6.45) is -10.1. The lowest BCUT2D eigenvalue weighted by molar-refractivity contribution is -0.193. The lowest BCUT2D eigenvalue weighted by Gasteiger charge is -2.17. The zero-order valence-corrected chi connectivity index (χ0v) is 26.3. The molecule has 3 heterocycles. The number of carboxylic acids is 2. The molecule has 50 heavy (non-hydrogen) atoms. The van der Waals surface area contributed by atoms with Crippen LogP contribution in [-0.4, -0.2) is 63.8 Å². The predicted molar refractivity (Wildman–Crippen MR) is 164 cm³/mol. The number of nitrogens with zero attached hydrogens (tertiary/aromatic N) is 2. The van der Waals surface area contributed by atoms with Gasteiger partial charge < -0.3 is 20.5 Å². The molecule has 1 fully saturated rings. The zero-order chi connectivity index (χ0) is 37.0. The van der Waals surface area contributed by atoms with Crippen molar-refractivity contribution in [2.45, 2.75) is 36.5 Å². The number of alkyl halides is 6. The van der Waals surface area contributed by atoms with E-state index in [4.69, 9.17) is 24.8 Å². The molecule has 2 aromatic heterocycles. The van der Waals surface area contributed by atoms with Crippen LogP contribution in [0.25, 0.3) is 21.3 Å². The smallest absolute Gasteiger partial charge is 0.475 e. The Labute approximate surface area is 280 Å². The number of imidazole rings is 1. The Morgan fingerprint density at radius 1 is 0.920 bits per heavy atom. The summed E-state index contributed by atoms with van der Waals surface area (Å²) in [6.45, 7) is 0. The maximum Gasteiger partial charge on any atom is 0.490 e.